The Balaban J connectivity index is 1.40. The molecule has 4 nitrogen and oxygen atoms in total. The summed E-state index contributed by atoms with van der Waals surface area (Å²) in [6.07, 6.45) is 4.80. The fraction of sp³-hybridized carbons (Fsp3) is 0.647. The molecule has 1 saturated carbocycles. The van der Waals surface area contributed by atoms with Crippen LogP contribution in [0, 0.1) is 0 Å². The maximum absolute atomic E-state index is 12.5. The maximum Gasteiger partial charge on any atom is 0.217 e. The van der Waals surface area contributed by atoms with Gasteiger partial charge in [-0.3, -0.25) is 4.90 Å². The Morgan fingerprint density at radius 3 is 2.41 bits per heavy atom. The third-order valence-electron chi connectivity index (χ3n) is 5.44. The molecule has 0 amide bonds. The standard InChI is InChI=1S/C17H24N2O2S/c20-22(21,15-6-7-15)19-13-10-16-17(19)9-12-18(16)11-8-14-4-2-1-3-5-14/h1-5,15-17H,6-13H2/t16-,17+/m1/s1. The van der Waals surface area contributed by atoms with Crippen LogP contribution < -0.4 is 0 Å². The molecule has 3 aliphatic rings. The molecule has 1 aliphatic carbocycles. The summed E-state index contributed by atoms with van der Waals surface area (Å²) in [5.41, 5.74) is 1.37. The number of hydrogen-bond donors (Lipinski definition) is 0. The highest BCUT2D eigenvalue weighted by Crippen LogP contribution is 2.39. The topological polar surface area (TPSA) is 40.6 Å². The van der Waals surface area contributed by atoms with E-state index in [4.69, 9.17) is 0 Å². The minimum atomic E-state index is -3.00. The Morgan fingerprint density at radius 1 is 0.955 bits per heavy atom. The highest BCUT2D eigenvalue weighted by Gasteiger charge is 2.50. The number of benzene rings is 1. The van der Waals surface area contributed by atoms with E-state index in [1.54, 1.807) is 0 Å². The van der Waals surface area contributed by atoms with Crippen LogP contribution in [-0.2, 0) is 16.4 Å². The minimum Gasteiger partial charge on any atom is -0.298 e. The van der Waals surface area contributed by atoms with Crippen molar-refractivity contribution >= 4 is 10.0 Å². The molecule has 0 radical (unpaired) electrons. The summed E-state index contributed by atoms with van der Waals surface area (Å²) < 4.78 is 26.9. The van der Waals surface area contributed by atoms with E-state index in [2.05, 4.69) is 29.2 Å². The van der Waals surface area contributed by atoms with Crippen LogP contribution in [-0.4, -0.2) is 54.6 Å². The maximum atomic E-state index is 12.5. The number of sulfonamides is 1. The summed E-state index contributed by atoms with van der Waals surface area (Å²) in [5, 5.41) is -0.0652. The normalized spacial score (nSPS) is 29.8. The van der Waals surface area contributed by atoms with E-state index in [9.17, 15) is 8.42 Å². The van der Waals surface area contributed by atoms with Gasteiger partial charge in [0.05, 0.1) is 5.25 Å². The first-order valence-electron chi connectivity index (χ1n) is 8.45. The van der Waals surface area contributed by atoms with E-state index in [-0.39, 0.29) is 11.3 Å². The number of hydrogen-bond acceptors (Lipinski definition) is 3. The molecule has 2 atom stereocenters. The van der Waals surface area contributed by atoms with Crippen LogP contribution in [0.4, 0.5) is 0 Å². The van der Waals surface area contributed by atoms with E-state index in [0.29, 0.717) is 6.04 Å². The van der Waals surface area contributed by atoms with Gasteiger partial charge >= 0.3 is 0 Å². The molecular weight excluding hydrogens is 296 g/mol. The lowest BCUT2D eigenvalue weighted by Crippen LogP contribution is -2.41. The Kier molecular flexibility index (Phi) is 3.75. The van der Waals surface area contributed by atoms with Crippen molar-refractivity contribution < 1.29 is 8.42 Å². The van der Waals surface area contributed by atoms with Gasteiger partial charge in [0, 0.05) is 31.7 Å². The molecule has 1 aromatic carbocycles. The zero-order chi connectivity index (χ0) is 15.2. The average Bonchev–Trinajstić information content (AvgIpc) is 3.19. The predicted molar refractivity (Wildman–Crippen MR) is 87.2 cm³/mol. The van der Waals surface area contributed by atoms with Crippen LogP contribution in [0.25, 0.3) is 0 Å². The van der Waals surface area contributed by atoms with Crippen molar-refractivity contribution in [3.63, 3.8) is 0 Å². The van der Waals surface area contributed by atoms with Gasteiger partial charge in [0.2, 0.25) is 10.0 Å². The van der Waals surface area contributed by atoms with E-state index in [1.165, 1.54) is 5.56 Å². The van der Waals surface area contributed by atoms with Crippen LogP contribution in [0.3, 0.4) is 0 Å². The van der Waals surface area contributed by atoms with E-state index >= 15 is 0 Å². The molecule has 0 aromatic heterocycles. The van der Waals surface area contributed by atoms with Gasteiger partial charge in [-0.2, -0.15) is 4.31 Å². The summed E-state index contributed by atoms with van der Waals surface area (Å²) in [7, 11) is -3.00. The molecule has 0 N–H and O–H groups in total. The first-order chi connectivity index (χ1) is 10.7. The monoisotopic (exact) mass is 320 g/mol. The molecule has 22 heavy (non-hydrogen) atoms. The molecule has 2 heterocycles. The Bertz CT molecular complexity index is 627. The minimum absolute atomic E-state index is 0.0652. The Morgan fingerprint density at radius 2 is 1.68 bits per heavy atom. The average molecular weight is 320 g/mol. The van der Waals surface area contributed by atoms with Crippen LogP contribution in [0.2, 0.25) is 0 Å². The van der Waals surface area contributed by atoms with Gasteiger partial charge in [0.15, 0.2) is 0 Å². The first-order valence-corrected chi connectivity index (χ1v) is 9.95. The summed E-state index contributed by atoms with van der Waals surface area (Å²) in [6.45, 7) is 2.82. The second-order valence-electron chi connectivity index (χ2n) is 6.84. The SMILES string of the molecule is O=S(=O)(C1CC1)N1CC[C@@H]2[C@@H]1CCN2CCc1ccccc1. The van der Waals surface area contributed by atoms with Gasteiger partial charge in [-0.25, -0.2) is 8.42 Å². The van der Waals surface area contributed by atoms with Crippen LogP contribution in [0.5, 0.6) is 0 Å². The van der Waals surface area contributed by atoms with Crippen molar-refractivity contribution in [3.05, 3.63) is 35.9 Å². The van der Waals surface area contributed by atoms with Gasteiger partial charge in [0.1, 0.15) is 0 Å². The zero-order valence-electron chi connectivity index (χ0n) is 12.9. The third kappa shape index (κ3) is 2.59. The van der Waals surface area contributed by atoms with Gasteiger partial charge in [0.25, 0.3) is 0 Å². The van der Waals surface area contributed by atoms with Gasteiger partial charge in [-0.1, -0.05) is 30.3 Å². The summed E-state index contributed by atoms with van der Waals surface area (Å²) in [6, 6.07) is 11.2. The fourth-order valence-corrected chi connectivity index (χ4v) is 6.20. The Labute approximate surface area is 133 Å². The van der Waals surface area contributed by atoms with Crippen molar-refractivity contribution in [2.45, 2.75) is 49.4 Å². The van der Waals surface area contributed by atoms with E-state index < -0.39 is 10.0 Å². The van der Waals surface area contributed by atoms with Gasteiger partial charge in [-0.05, 0) is 37.7 Å². The second kappa shape index (κ2) is 5.62. The number of likely N-dealkylation sites (tertiary alicyclic amines) is 1. The fourth-order valence-electron chi connectivity index (χ4n) is 4.10. The second-order valence-corrected chi connectivity index (χ2v) is 9.00. The van der Waals surface area contributed by atoms with Crippen LogP contribution in [0.15, 0.2) is 30.3 Å². The molecule has 0 unspecified atom stereocenters. The largest absolute Gasteiger partial charge is 0.298 e. The highest BCUT2D eigenvalue weighted by atomic mass is 32.2. The molecule has 4 rings (SSSR count). The van der Waals surface area contributed by atoms with Crippen molar-refractivity contribution in [2.24, 2.45) is 0 Å². The summed E-state index contributed by atoms with van der Waals surface area (Å²) in [5.74, 6) is 0. The molecule has 2 saturated heterocycles. The van der Waals surface area contributed by atoms with Gasteiger partial charge in [-0.15, -0.1) is 0 Å². The number of fused-ring (bicyclic) bond motifs is 1. The van der Waals surface area contributed by atoms with Crippen LogP contribution in [0.1, 0.15) is 31.2 Å². The molecule has 3 fully saturated rings. The van der Waals surface area contributed by atoms with Gasteiger partial charge < -0.3 is 0 Å². The van der Waals surface area contributed by atoms with E-state index in [0.717, 1.165) is 51.7 Å². The van der Waals surface area contributed by atoms with Crippen molar-refractivity contribution in [1.29, 1.82) is 0 Å². The van der Waals surface area contributed by atoms with Crippen molar-refractivity contribution in [1.82, 2.24) is 9.21 Å². The molecular formula is C17H24N2O2S. The molecule has 1 aromatic rings. The van der Waals surface area contributed by atoms with Crippen molar-refractivity contribution in [2.75, 3.05) is 19.6 Å². The quantitative estimate of drug-likeness (QED) is 0.831. The molecule has 5 heteroatoms. The van der Waals surface area contributed by atoms with Crippen molar-refractivity contribution in [3.8, 4) is 0 Å². The lowest BCUT2D eigenvalue weighted by molar-refractivity contribution is 0.251. The molecule has 2 aliphatic heterocycles. The molecule has 0 spiro atoms. The number of nitrogens with zero attached hydrogens (tertiary/aromatic N) is 2. The molecule has 120 valence electrons. The number of rotatable bonds is 5. The highest BCUT2D eigenvalue weighted by molar-refractivity contribution is 7.90. The third-order valence-corrected chi connectivity index (χ3v) is 7.86. The smallest absolute Gasteiger partial charge is 0.217 e. The lowest BCUT2D eigenvalue weighted by atomic mass is 10.1. The van der Waals surface area contributed by atoms with Crippen LogP contribution >= 0.6 is 0 Å². The lowest BCUT2D eigenvalue weighted by Gasteiger charge is -2.25. The first kappa shape index (κ1) is 14.7. The zero-order valence-corrected chi connectivity index (χ0v) is 13.7. The predicted octanol–water partition coefficient (Wildman–Crippen LogP) is 1.87. The molecule has 0 bridgehead atoms. The summed E-state index contributed by atoms with van der Waals surface area (Å²) >= 11 is 0. The van der Waals surface area contributed by atoms with E-state index in [1.807, 2.05) is 10.4 Å². The summed E-state index contributed by atoms with van der Waals surface area (Å²) in [4.78, 5) is 2.51. The Hall–Kier alpha value is -0.910.